The molecule has 2 rings (SSSR count). The first-order valence-electron chi connectivity index (χ1n) is 6.40. The highest BCUT2D eigenvalue weighted by Crippen LogP contribution is 2.18. The highest BCUT2D eigenvalue weighted by Gasteiger charge is 2.17. The van der Waals surface area contributed by atoms with E-state index < -0.39 is 0 Å². The first-order valence-corrected chi connectivity index (χ1v) is 6.40. The number of benzene rings is 1. The Morgan fingerprint density at radius 1 is 1.25 bits per heavy atom. The van der Waals surface area contributed by atoms with E-state index in [-0.39, 0.29) is 11.7 Å². The van der Waals surface area contributed by atoms with Gasteiger partial charge in [0.15, 0.2) is 0 Å². The Balaban J connectivity index is 2.30. The summed E-state index contributed by atoms with van der Waals surface area (Å²) in [5.74, 6) is -0.561. The normalized spacial score (nSPS) is 10.3. The van der Waals surface area contributed by atoms with Crippen LogP contribution in [0.25, 0.3) is 0 Å². The van der Waals surface area contributed by atoms with Crippen molar-refractivity contribution in [2.24, 2.45) is 5.73 Å². The van der Waals surface area contributed by atoms with Crippen molar-refractivity contribution in [3.05, 3.63) is 60.2 Å². The molecule has 0 bridgehead atoms. The van der Waals surface area contributed by atoms with Gasteiger partial charge < -0.3 is 10.6 Å². The van der Waals surface area contributed by atoms with Gasteiger partial charge in [-0.15, -0.1) is 0 Å². The zero-order chi connectivity index (χ0) is 14.4. The van der Waals surface area contributed by atoms with E-state index in [0.717, 1.165) is 0 Å². The Labute approximate surface area is 117 Å². The second kappa shape index (κ2) is 6.77. The van der Waals surface area contributed by atoms with Crippen LogP contribution in [0, 0.1) is 5.82 Å². The summed E-state index contributed by atoms with van der Waals surface area (Å²) in [6.07, 6.45) is 3.76. The Morgan fingerprint density at radius 3 is 2.65 bits per heavy atom. The van der Waals surface area contributed by atoms with Gasteiger partial charge in [0.05, 0.1) is 0 Å². The predicted octanol–water partition coefficient (Wildman–Crippen LogP) is 2.22. The van der Waals surface area contributed by atoms with Gasteiger partial charge in [0.25, 0.3) is 5.91 Å². The number of aromatic nitrogens is 1. The highest BCUT2D eigenvalue weighted by atomic mass is 19.1. The molecule has 0 aliphatic heterocycles. The van der Waals surface area contributed by atoms with Crippen molar-refractivity contribution in [2.75, 3.05) is 18.0 Å². The van der Waals surface area contributed by atoms with Crippen molar-refractivity contribution in [3.63, 3.8) is 0 Å². The molecule has 0 saturated heterocycles. The summed E-state index contributed by atoms with van der Waals surface area (Å²) < 4.78 is 13.3. The number of nitrogens with zero attached hydrogens (tertiary/aromatic N) is 2. The lowest BCUT2D eigenvalue weighted by Gasteiger charge is -2.22. The average molecular weight is 273 g/mol. The summed E-state index contributed by atoms with van der Waals surface area (Å²) in [4.78, 5) is 17.9. The van der Waals surface area contributed by atoms with Crippen molar-refractivity contribution in [1.82, 2.24) is 4.98 Å². The smallest absolute Gasteiger partial charge is 0.258 e. The maximum atomic E-state index is 13.3. The largest absolute Gasteiger partial charge is 0.330 e. The number of hydrogen-bond acceptors (Lipinski definition) is 3. The molecule has 0 atom stereocenters. The standard InChI is InChI=1S/C15H16FN3O/c16-13-3-1-4-14(11-13)19(10-2-7-17)15(20)12-5-8-18-9-6-12/h1,3-6,8-9,11H,2,7,10,17H2. The number of carbonyl (C=O) groups excluding carboxylic acids is 1. The topological polar surface area (TPSA) is 59.2 Å². The zero-order valence-corrected chi connectivity index (χ0v) is 11.0. The molecule has 104 valence electrons. The molecular weight excluding hydrogens is 257 g/mol. The molecule has 0 aliphatic carbocycles. The van der Waals surface area contributed by atoms with Crippen LogP contribution in [-0.4, -0.2) is 24.0 Å². The first kappa shape index (κ1) is 14.1. The molecule has 0 aliphatic rings. The van der Waals surface area contributed by atoms with E-state index >= 15 is 0 Å². The molecule has 2 aromatic rings. The van der Waals surface area contributed by atoms with E-state index in [4.69, 9.17) is 5.73 Å². The van der Waals surface area contributed by atoms with Crippen LogP contribution >= 0.6 is 0 Å². The van der Waals surface area contributed by atoms with Crippen LogP contribution in [0.2, 0.25) is 0 Å². The zero-order valence-electron chi connectivity index (χ0n) is 11.0. The van der Waals surface area contributed by atoms with Crippen LogP contribution in [0.1, 0.15) is 16.8 Å². The number of anilines is 1. The molecule has 1 aromatic carbocycles. The number of amides is 1. The van der Waals surface area contributed by atoms with Gasteiger partial charge in [-0.05, 0) is 43.3 Å². The Bertz CT molecular complexity index is 574. The van der Waals surface area contributed by atoms with Crippen LogP contribution in [0.15, 0.2) is 48.8 Å². The van der Waals surface area contributed by atoms with E-state index in [9.17, 15) is 9.18 Å². The third-order valence-electron chi connectivity index (χ3n) is 2.88. The third-order valence-corrected chi connectivity index (χ3v) is 2.88. The number of hydrogen-bond donors (Lipinski definition) is 1. The van der Waals surface area contributed by atoms with Crippen LogP contribution in [0.4, 0.5) is 10.1 Å². The Kier molecular flexibility index (Phi) is 4.79. The molecule has 20 heavy (non-hydrogen) atoms. The number of rotatable bonds is 5. The van der Waals surface area contributed by atoms with Gasteiger partial charge in [0, 0.05) is 30.2 Å². The SMILES string of the molecule is NCCCN(C(=O)c1ccncc1)c1cccc(F)c1. The van der Waals surface area contributed by atoms with Crippen LogP contribution in [-0.2, 0) is 0 Å². The van der Waals surface area contributed by atoms with E-state index in [1.165, 1.54) is 17.0 Å². The second-order valence-corrected chi connectivity index (χ2v) is 4.31. The summed E-state index contributed by atoms with van der Waals surface area (Å²) in [5.41, 5.74) is 6.54. The van der Waals surface area contributed by atoms with Gasteiger partial charge in [-0.1, -0.05) is 6.07 Å². The lowest BCUT2D eigenvalue weighted by molar-refractivity contribution is 0.0986. The summed E-state index contributed by atoms with van der Waals surface area (Å²) in [7, 11) is 0. The summed E-state index contributed by atoms with van der Waals surface area (Å²) in [6.45, 7) is 0.913. The van der Waals surface area contributed by atoms with E-state index in [0.29, 0.717) is 30.8 Å². The number of halogens is 1. The minimum Gasteiger partial charge on any atom is -0.330 e. The van der Waals surface area contributed by atoms with Crippen molar-refractivity contribution in [2.45, 2.75) is 6.42 Å². The van der Waals surface area contributed by atoms with Gasteiger partial charge in [0.1, 0.15) is 5.82 Å². The molecule has 5 heteroatoms. The predicted molar refractivity (Wildman–Crippen MR) is 76.0 cm³/mol. The molecule has 0 saturated carbocycles. The van der Waals surface area contributed by atoms with Crippen molar-refractivity contribution < 1.29 is 9.18 Å². The molecule has 0 spiro atoms. The van der Waals surface area contributed by atoms with Gasteiger partial charge in [-0.3, -0.25) is 9.78 Å². The lowest BCUT2D eigenvalue weighted by atomic mass is 10.2. The molecule has 1 aromatic heterocycles. The fraction of sp³-hybridized carbons (Fsp3) is 0.200. The number of carbonyl (C=O) groups is 1. The van der Waals surface area contributed by atoms with Gasteiger partial charge >= 0.3 is 0 Å². The molecule has 2 N–H and O–H groups in total. The molecule has 1 amide bonds. The van der Waals surface area contributed by atoms with E-state index in [1.807, 2.05) is 0 Å². The quantitative estimate of drug-likeness (QED) is 0.908. The van der Waals surface area contributed by atoms with Crippen LogP contribution in [0.3, 0.4) is 0 Å². The van der Waals surface area contributed by atoms with Gasteiger partial charge in [-0.25, -0.2) is 4.39 Å². The van der Waals surface area contributed by atoms with Gasteiger partial charge in [-0.2, -0.15) is 0 Å². The first-order chi connectivity index (χ1) is 9.72. The highest BCUT2D eigenvalue weighted by molar-refractivity contribution is 6.05. The minimum absolute atomic E-state index is 0.188. The van der Waals surface area contributed by atoms with E-state index in [1.54, 1.807) is 36.7 Å². The molecule has 0 unspecified atom stereocenters. The number of pyridine rings is 1. The molecule has 4 nitrogen and oxygen atoms in total. The fourth-order valence-corrected chi connectivity index (χ4v) is 1.89. The van der Waals surface area contributed by atoms with Crippen LogP contribution < -0.4 is 10.6 Å². The fourth-order valence-electron chi connectivity index (χ4n) is 1.89. The molecule has 1 heterocycles. The van der Waals surface area contributed by atoms with E-state index in [2.05, 4.69) is 4.98 Å². The van der Waals surface area contributed by atoms with Crippen LogP contribution in [0.5, 0.6) is 0 Å². The maximum Gasteiger partial charge on any atom is 0.258 e. The molecule has 0 fully saturated rings. The summed E-state index contributed by atoms with van der Waals surface area (Å²) >= 11 is 0. The minimum atomic E-state index is -0.372. The van der Waals surface area contributed by atoms with Crippen molar-refractivity contribution >= 4 is 11.6 Å². The third kappa shape index (κ3) is 3.39. The Morgan fingerprint density at radius 2 is 2.00 bits per heavy atom. The maximum absolute atomic E-state index is 13.3. The summed E-state index contributed by atoms with van der Waals surface area (Å²) in [6, 6.07) is 9.25. The number of nitrogens with two attached hydrogens (primary N) is 1. The Hall–Kier alpha value is -2.27. The monoisotopic (exact) mass is 273 g/mol. The van der Waals surface area contributed by atoms with Gasteiger partial charge in [0.2, 0.25) is 0 Å². The average Bonchev–Trinajstić information content (AvgIpc) is 2.48. The second-order valence-electron chi connectivity index (χ2n) is 4.31. The molecule has 0 radical (unpaired) electrons. The lowest BCUT2D eigenvalue weighted by Crippen LogP contribution is -2.33. The van der Waals surface area contributed by atoms with Crippen molar-refractivity contribution in [3.8, 4) is 0 Å². The summed E-state index contributed by atoms with van der Waals surface area (Å²) in [5, 5.41) is 0. The molecular formula is C15H16FN3O. The van der Waals surface area contributed by atoms with Crippen molar-refractivity contribution in [1.29, 1.82) is 0 Å².